The largest absolute Gasteiger partial charge is 0.320 e. The highest BCUT2D eigenvalue weighted by molar-refractivity contribution is 9.10. The molecule has 0 aliphatic heterocycles. The molecule has 2 heterocycles. The van der Waals surface area contributed by atoms with Gasteiger partial charge in [-0.1, -0.05) is 15.9 Å². The molecule has 2 nitrogen and oxygen atoms in total. The van der Waals surface area contributed by atoms with E-state index < -0.39 is 0 Å². The van der Waals surface area contributed by atoms with Crippen LogP contribution in [0.1, 0.15) is 28.5 Å². The Morgan fingerprint density at radius 3 is 2.81 bits per heavy atom. The van der Waals surface area contributed by atoms with Gasteiger partial charge in [-0.15, -0.1) is 22.9 Å². The highest BCUT2D eigenvalue weighted by Crippen LogP contribution is 2.31. The molecule has 2 aromatic heterocycles. The summed E-state index contributed by atoms with van der Waals surface area (Å²) < 4.78 is 3.37. The Hall–Kier alpha value is -0.840. The summed E-state index contributed by atoms with van der Waals surface area (Å²) in [5.41, 5.74) is 2.18. The Labute approximate surface area is 141 Å². The van der Waals surface area contributed by atoms with Gasteiger partial charge in [-0.25, -0.2) is 4.98 Å². The molecule has 0 aliphatic carbocycles. The SMILES string of the molecule is Cc1ccc(C(C)n2c(CCCl)nc3cc(Br)ccc32)s1. The number of hydrogen-bond acceptors (Lipinski definition) is 2. The lowest BCUT2D eigenvalue weighted by atomic mass is 10.2. The fourth-order valence-electron chi connectivity index (χ4n) is 2.62. The lowest BCUT2D eigenvalue weighted by molar-refractivity contribution is 0.633. The van der Waals surface area contributed by atoms with Gasteiger partial charge in [-0.3, -0.25) is 0 Å². The number of aryl methyl sites for hydroxylation is 2. The van der Waals surface area contributed by atoms with Gasteiger partial charge in [0.15, 0.2) is 0 Å². The van der Waals surface area contributed by atoms with Gasteiger partial charge in [0.1, 0.15) is 5.82 Å². The first kappa shape index (κ1) is 15.1. The van der Waals surface area contributed by atoms with Crippen LogP contribution < -0.4 is 0 Å². The van der Waals surface area contributed by atoms with Crippen LogP contribution >= 0.6 is 38.9 Å². The number of imidazole rings is 1. The average molecular weight is 384 g/mol. The van der Waals surface area contributed by atoms with Crippen LogP contribution in [0.5, 0.6) is 0 Å². The fourth-order valence-corrected chi connectivity index (χ4v) is 4.06. The van der Waals surface area contributed by atoms with E-state index in [1.54, 1.807) is 0 Å². The van der Waals surface area contributed by atoms with Crippen molar-refractivity contribution in [3.63, 3.8) is 0 Å². The molecule has 1 atom stereocenters. The van der Waals surface area contributed by atoms with Gasteiger partial charge in [0.05, 0.1) is 17.1 Å². The molecule has 5 heteroatoms. The monoisotopic (exact) mass is 382 g/mol. The molecule has 3 aromatic rings. The van der Waals surface area contributed by atoms with E-state index >= 15 is 0 Å². The predicted octanol–water partition coefficient (Wildman–Crippen LogP) is 5.56. The van der Waals surface area contributed by atoms with Crippen molar-refractivity contribution < 1.29 is 0 Å². The van der Waals surface area contributed by atoms with Crippen molar-refractivity contribution in [1.29, 1.82) is 0 Å². The number of fused-ring (bicyclic) bond motifs is 1. The van der Waals surface area contributed by atoms with Crippen LogP contribution in [0.15, 0.2) is 34.8 Å². The number of nitrogens with zero attached hydrogens (tertiary/aromatic N) is 2. The van der Waals surface area contributed by atoms with Gasteiger partial charge in [-0.2, -0.15) is 0 Å². The second-order valence-electron chi connectivity index (χ2n) is 5.09. The van der Waals surface area contributed by atoms with Crippen molar-refractivity contribution in [3.8, 4) is 0 Å². The van der Waals surface area contributed by atoms with Gasteiger partial charge < -0.3 is 4.57 Å². The van der Waals surface area contributed by atoms with Gasteiger partial charge in [-0.05, 0) is 44.2 Å². The number of hydrogen-bond donors (Lipinski definition) is 0. The van der Waals surface area contributed by atoms with Crippen LogP contribution in [0.25, 0.3) is 11.0 Å². The molecule has 0 amide bonds. The van der Waals surface area contributed by atoms with Gasteiger partial charge >= 0.3 is 0 Å². The van der Waals surface area contributed by atoms with Crippen LogP contribution in [0, 0.1) is 6.92 Å². The highest BCUT2D eigenvalue weighted by Gasteiger charge is 2.18. The topological polar surface area (TPSA) is 17.8 Å². The molecule has 0 fully saturated rings. The van der Waals surface area contributed by atoms with Crippen molar-refractivity contribution in [1.82, 2.24) is 9.55 Å². The summed E-state index contributed by atoms with van der Waals surface area (Å²) in [5.74, 6) is 1.64. The maximum atomic E-state index is 5.96. The Bertz CT molecular complexity index is 778. The highest BCUT2D eigenvalue weighted by atomic mass is 79.9. The number of alkyl halides is 1. The van der Waals surface area contributed by atoms with E-state index in [1.807, 2.05) is 11.3 Å². The van der Waals surface area contributed by atoms with Crippen molar-refractivity contribution in [2.45, 2.75) is 26.3 Å². The van der Waals surface area contributed by atoms with Crippen molar-refractivity contribution in [3.05, 3.63) is 50.4 Å². The number of thiophene rings is 1. The number of aromatic nitrogens is 2. The summed E-state index contributed by atoms with van der Waals surface area (Å²) in [6.45, 7) is 4.37. The molecular formula is C16H16BrClN2S. The molecule has 1 unspecified atom stereocenters. The molecule has 0 radical (unpaired) electrons. The fraction of sp³-hybridized carbons (Fsp3) is 0.312. The standard InChI is InChI=1S/C16H16BrClN2S/c1-10-3-6-15(21-10)11(2)20-14-5-4-12(17)9-13(14)19-16(20)7-8-18/h3-6,9,11H,7-8H2,1-2H3. The third kappa shape index (κ3) is 2.89. The molecule has 1 aromatic carbocycles. The van der Waals surface area contributed by atoms with Crippen LogP contribution in [0.4, 0.5) is 0 Å². The maximum Gasteiger partial charge on any atom is 0.111 e. The van der Waals surface area contributed by atoms with Gasteiger partial charge in [0.25, 0.3) is 0 Å². The molecule has 0 aliphatic rings. The van der Waals surface area contributed by atoms with E-state index in [0.717, 1.165) is 27.8 Å². The average Bonchev–Trinajstić information content (AvgIpc) is 3.01. The third-order valence-electron chi connectivity index (χ3n) is 3.60. The minimum atomic E-state index is 0.271. The number of halogens is 2. The van der Waals surface area contributed by atoms with Crippen LogP contribution in [-0.4, -0.2) is 15.4 Å². The molecule has 0 saturated heterocycles. The zero-order valence-electron chi connectivity index (χ0n) is 11.9. The summed E-state index contributed by atoms with van der Waals surface area (Å²) >= 11 is 11.3. The maximum absolute atomic E-state index is 5.96. The van der Waals surface area contributed by atoms with Crippen molar-refractivity contribution in [2.75, 3.05) is 5.88 Å². The van der Waals surface area contributed by atoms with E-state index in [-0.39, 0.29) is 6.04 Å². The normalized spacial score (nSPS) is 13.0. The smallest absolute Gasteiger partial charge is 0.111 e. The van der Waals surface area contributed by atoms with E-state index in [2.05, 4.69) is 64.7 Å². The zero-order valence-corrected chi connectivity index (χ0v) is 15.1. The predicted molar refractivity (Wildman–Crippen MR) is 94.7 cm³/mol. The second-order valence-corrected chi connectivity index (χ2v) is 7.71. The molecule has 110 valence electrons. The summed E-state index contributed by atoms with van der Waals surface area (Å²) in [6, 6.07) is 10.9. The van der Waals surface area contributed by atoms with E-state index in [9.17, 15) is 0 Å². The third-order valence-corrected chi connectivity index (χ3v) is 5.46. The zero-order chi connectivity index (χ0) is 15.0. The minimum Gasteiger partial charge on any atom is -0.320 e. The first-order valence-electron chi connectivity index (χ1n) is 6.89. The summed E-state index contributed by atoms with van der Waals surface area (Å²) in [4.78, 5) is 7.46. The molecule has 0 N–H and O–H groups in total. The second kappa shape index (κ2) is 6.11. The Balaban J connectivity index is 2.16. The minimum absolute atomic E-state index is 0.271. The summed E-state index contributed by atoms with van der Waals surface area (Å²) in [5, 5.41) is 0. The molecule has 0 spiro atoms. The molecule has 21 heavy (non-hydrogen) atoms. The Morgan fingerprint density at radius 2 is 2.14 bits per heavy atom. The van der Waals surface area contributed by atoms with Gasteiger partial charge in [0.2, 0.25) is 0 Å². The summed E-state index contributed by atoms with van der Waals surface area (Å²) in [7, 11) is 0. The number of benzene rings is 1. The molecule has 0 bridgehead atoms. The number of rotatable bonds is 4. The Kier molecular flexibility index (Phi) is 4.38. The molecule has 0 saturated carbocycles. The Morgan fingerprint density at radius 1 is 1.33 bits per heavy atom. The first-order chi connectivity index (χ1) is 10.1. The van der Waals surface area contributed by atoms with Gasteiger partial charge in [0, 0.05) is 26.5 Å². The first-order valence-corrected chi connectivity index (χ1v) is 9.03. The lowest BCUT2D eigenvalue weighted by Gasteiger charge is -2.16. The van der Waals surface area contributed by atoms with Crippen molar-refractivity contribution >= 4 is 49.9 Å². The lowest BCUT2D eigenvalue weighted by Crippen LogP contribution is -2.10. The van der Waals surface area contributed by atoms with E-state index in [1.165, 1.54) is 9.75 Å². The quantitative estimate of drug-likeness (QED) is 0.539. The van der Waals surface area contributed by atoms with E-state index in [4.69, 9.17) is 16.6 Å². The van der Waals surface area contributed by atoms with E-state index in [0.29, 0.717) is 5.88 Å². The van der Waals surface area contributed by atoms with Crippen LogP contribution in [-0.2, 0) is 6.42 Å². The molecule has 3 rings (SSSR count). The van der Waals surface area contributed by atoms with Crippen LogP contribution in [0.2, 0.25) is 0 Å². The summed E-state index contributed by atoms with van der Waals surface area (Å²) in [6.07, 6.45) is 0.780. The van der Waals surface area contributed by atoms with Crippen LogP contribution in [0.3, 0.4) is 0 Å². The molecular weight excluding hydrogens is 368 g/mol. The van der Waals surface area contributed by atoms with Crippen molar-refractivity contribution in [2.24, 2.45) is 0 Å².